The highest BCUT2D eigenvalue weighted by atomic mass is 35.5. The van der Waals surface area contributed by atoms with Crippen LogP contribution in [0.1, 0.15) is 25.7 Å². The lowest BCUT2D eigenvalue weighted by Gasteiger charge is -2.29. The second-order valence-electron chi connectivity index (χ2n) is 3.95. The molecule has 1 amide bonds. The van der Waals surface area contributed by atoms with Gasteiger partial charge in [-0.05, 0) is 25.7 Å². The first kappa shape index (κ1) is 11.8. The summed E-state index contributed by atoms with van der Waals surface area (Å²) in [6.07, 6.45) is 3.79. The van der Waals surface area contributed by atoms with Gasteiger partial charge < -0.3 is 12.4 Å². The molecule has 0 aromatic heterocycles. The quantitative estimate of drug-likeness (QED) is 0.388. The summed E-state index contributed by atoms with van der Waals surface area (Å²) in [5.74, 6) is -0.605. The molecule has 0 saturated heterocycles. The first-order valence-electron chi connectivity index (χ1n) is 4.79. The molecule has 1 spiro atoms. The predicted molar refractivity (Wildman–Crippen MR) is 48.6 cm³/mol. The molecule has 4 N–H and O–H groups in total. The molecule has 5 nitrogen and oxygen atoms in total. The van der Waals surface area contributed by atoms with E-state index in [1.165, 1.54) is 0 Å². The highest BCUT2D eigenvalue weighted by Gasteiger charge is 2.50. The fraction of sp³-hybridized carbons (Fsp3) is 0.667. The molecular formula is C9H13ClN4O. The number of hydrogen-bond donors (Lipinski definition) is 3. The maximum Gasteiger partial charge on any atom is 0.348 e. The van der Waals surface area contributed by atoms with E-state index < -0.39 is 11.5 Å². The molecule has 1 heterocycles. The number of rotatable bonds is 0. The van der Waals surface area contributed by atoms with Crippen LogP contribution >= 0.6 is 0 Å². The van der Waals surface area contributed by atoms with Gasteiger partial charge in [-0.25, -0.2) is 5.32 Å². The van der Waals surface area contributed by atoms with Gasteiger partial charge in [-0.2, -0.15) is 5.26 Å². The number of guanidine groups is 1. The number of nitrogens with two attached hydrogens (primary N) is 1. The van der Waals surface area contributed by atoms with Crippen LogP contribution in [0, 0.1) is 17.2 Å². The van der Waals surface area contributed by atoms with Gasteiger partial charge in [0.05, 0.1) is 6.07 Å². The van der Waals surface area contributed by atoms with Crippen molar-refractivity contribution in [2.24, 2.45) is 11.7 Å². The highest BCUT2D eigenvalue weighted by molar-refractivity contribution is 5.97. The lowest BCUT2D eigenvalue weighted by Crippen LogP contribution is -3.00. The molecule has 0 bridgehead atoms. The van der Waals surface area contributed by atoms with Crippen molar-refractivity contribution in [3.8, 4) is 6.07 Å². The van der Waals surface area contributed by atoms with Crippen molar-refractivity contribution < 1.29 is 22.2 Å². The number of carbonyl (C=O) groups is 1. The van der Waals surface area contributed by atoms with Crippen LogP contribution in [0.15, 0.2) is 0 Å². The third-order valence-electron chi connectivity index (χ3n) is 3.08. The fourth-order valence-electron chi connectivity index (χ4n) is 2.43. The Morgan fingerprint density at radius 3 is 2.67 bits per heavy atom. The number of nitriles is 1. The average molecular weight is 229 g/mol. The van der Waals surface area contributed by atoms with Crippen LogP contribution in [0.2, 0.25) is 0 Å². The van der Waals surface area contributed by atoms with Crippen LogP contribution in [0.4, 0.5) is 0 Å². The van der Waals surface area contributed by atoms with Gasteiger partial charge in [0.2, 0.25) is 0 Å². The monoisotopic (exact) mass is 228 g/mol. The van der Waals surface area contributed by atoms with Crippen molar-refractivity contribution in [3.63, 3.8) is 0 Å². The van der Waals surface area contributed by atoms with Crippen molar-refractivity contribution in [1.29, 1.82) is 5.26 Å². The minimum Gasteiger partial charge on any atom is -1.00 e. The topological polar surface area (TPSA) is 92.9 Å². The molecule has 1 saturated carbocycles. The molecule has 0 aromatic carbocycles. The summed E-state index contributed by atoms with van der Waals surface area (Å²) in [6.45, 7) is 0. The molecule has 15 heavy (non-hydrogen) atoms. The molecule has 0 radical (unpaired) electrons. The summed E-state index contributed by atoms with van der Waals surface area (Å²) in [4.78, 5) is 14.6. The average Bonchev–Trinajstić information content (AvgIpc) is 2.53. The number of carbonyl (C=O) groups excluding carboxylic acids is 1. The van der Waals surface area contributed by atoms with E-state index in [1.807, 2.05) is 0 Å². The van der Waals surface area contributed by atoms with E-state index in [0.29, 0.717) is 0 Å². The van der Waals surface area contributed by atoms with Crippen molar-refractivity contribution in [2.75, 3.05) is 0 Å². The van der Waals surface area contributed by atoms with E-state index in [2.05, 4.69) is 16.4 Å². The van der Waals surface area contributed by atoms with E-state index in [9.17, 15) is 4.79 Å². The standard InChI is InChI=1S/C9H12N4O.ClH/c10-5-6-7(14)12-8(11)13-9(6)3-1-2-4-9;/h6H,1-4H2,(H3,11,12,13,14);1H/t6-;/m0./s1. The largest absolute Gasteiger partial charge is 1.00 e. The first-order valence-corrected chi connectivity index (χ1v) is 4.79. The molecule has 0 unspecified atom stereocenters. The number of hydrogen-bond acceptors (Lipinski definition) is 3. The third kappa shape index (κ3) is 1.77. The normalized spacial score (nSPS) is 27.5. The van der Waals surface area contributed by atoms with Crippen LogP contribution in [-0.2, 0) is 4.79 Å². The zero-order valence-corrected chi connectivity index (χ0v) is 8.97. The number of nitrogens with zero attached hydrogens (tertiary/aromatic N) is 1. The Morgan fingerprint density at radius 1 is 1.53 bits per heavy atom. The smallest absolute Gasteiger partial charge is 0.348 e. The first-order chi connectivity index (χ1) is 6.68. The Bertz CT molecular complexity index is 341. The van der Waals surface area contributed by atoms with Gasteiger partial charge in [-0.3, -0.25) is 15.5 Å². The predicted octanol–water partition coefficient (Wildman–Crippen LogP) is -5.03. The van der Waals surface area contributed by atoms with E-state index in [-0.39, 0.29) is 24.3 Å². The van der Waals surface area contributed by atoms with Gasteiger partial charge in [0, 0.05) is 0 Å². The SMILES string of the molecule is N#C[C@H]1C(=O)NC(N)=[NH+]C12CCCC2.[Cl-]. The van der Waals surface area contributed by atoms with Crippen LogP contribution < -0.4 is 28.4 Å². The van der Waals surface area contributed by atoms with Crippen LogP contribution in [0.3, 0.4) is 0 Å². The molecule has 1 fully saturated rings. The van der Waals surface area contributed by atoms with Gasteiger partial charge in [0.1, 0.15) is 5.54 Å². The third-order valence-corrected chi connectivity index (χ3v) is 3.08. The molecule has 1 aliphatic carbocycles. The van der Waals surface area contributed by atoms with Crippen LogP contribution in [-0.4, -0.2) is 17.4 Å². The fourth-order valence-corrected chi connectivity index (χ4v) is 2.43. The summed E-state index contributed by atoms with van der Waals surface area (Å²) < 4.78 is 0. The zero-order chi connectivity index (χ0) is 10.2. The molecular weight excluding hydrogens is 216 g/mol. The minimum absolute atomic E-state index is 0. The van der Waals surface area contributed by atoms with E-state index >= 15 is 0 Å². The molecule has 6 heteroatoms. The summed E-state index contributed by atoms with van der Waals surface area (Å²) in [5, 5.41) is 11.4. The van der Waals surface area contributed by atoms with Crippen LogP contribution in [0.5, 0.6) is 0 Å². The Labute approximate surface area is 94.1 Å². The molecule has 2 rings (SSSR count). The van der Waals surface area contributed by atoms with Crippen LogP contribution in [0.25, 0.3) is 0 Å². The Balaban J connectivity index is 0.00000112. The lowest BCUT2D eigenvalue weighted by molar-refractivity contribution is -0.564. The van der Waals surface area contributed by atoms with E-state index in [4.69, 9.17) is 11.0 Å². The number of halogens is 1. The van der Waals surface area contributed by atoms with Crippen molar-refractivity contribution in [3.05, 3.63) is 0 Å². The molecule has 1 atom stereocenters. The number of amides is 1. The maximum absolute atomic E-state index is 11.5. The summed E-state index contributed by atoms with van der Waals surface area (Å²) in [7, 11) is 0. The minimum atomic E-state index is -0.614. The Morgan fingerprint density at radius 2 is 2.13 bits per heavy atom. The van der Waals surface area contributed by atoms with Gasteiger partial charge in [0.15, 0.2) is 5.92 Å². The number of nitrogens with one attached hydrogen (secondary N) is 2. The van der Waals surface area contributed by atoms with E-state index in [0.717, 1.165) is 25.7 Å². The lowest BCUT2D eigenvalue weighted by atomic mass is 9.82. The second-order valence-corrected chi connectivity index (χ2v) is 3.95. The van der Waals surface area contributed by atoms with Crippen molar-refractivity contribution in [1.82, 2.24) is 5.32 Å². The molecule has 2 aliphatic rings. The van der Waals surface area contributed by atoms with E-state index in [1.54, 1.807) is 0 Å². The van der Waals surface area contributed by atoms with Crippen molar-refractivity contribution in [2.45, 2.75) is 31.2 Å². The highest BCUT2D eigenvalue weighted by Crippen LogP contribution is 2.32. The van der Waals surface area contributed by atoms with Gasteiger partial charge in [0.25, 0.3) is 0 Å². The summed E-state index contributed by atoms with van der Waals surface area (Å²) >= 11 is 0. The second kappa shape index (κ2) is 4.07. The Hall–Kier alpha value is -1.28. The van der Waals surface area contributed by atoms with Crippen molar-refractivity contribution >= 4 is 11.9 Å². The molecule has 0 aromatic rings. The van der Waals surface area contributed by atoms with Gasteiger partial charge in [-0.1, -0.05) is 0 Å². The maximum atomic E-state index is 11.5. The molecule has 1 aliphatic heterocycles. The summed E-state index contributed by atoms with van der Waals surface area (Å²) in [5.41, 5.74) is 5.16. The Kier molecular flexibility index (Phi) is 3.20. The molecule has 82 valence electrons. The zero-order valence-electron chi connectivity index (χ0n) is 8.22. The van der Waals surface area contributed by atoms with Gasteiger partial charge >= 0.3 is 11.9 Å². The summed E-state index contributed by atoms with van der Waals surface area (Å²) in [6, 6.07) is 2.06. The van der Waals surface area contributed by atoms with Gasteiger partial charge in [-0.15, -0.1) is 0 Å².